The highest BCUT2D eigenvalue weighted by atomic mass is 79.9. The molecule has 1 fully saturated rings. The zero-order chi connectivity index (χ0) is 30.1. The summed E-state index contributed by atoms with van der Waals surface area (Å²) in [6, 6.07) is 5.69. The molecule has 0 saturated carbocycles. The number of amidine groups is 1. The van der Waals surface area contributed by atoms with Crippen LogP contribution in [-0.2, 0) is 19.8 Å². The molecule has 1 aromatic rings. The molecule has 0 radical (unpaired) electrons. The van der Waals surface area contributed by atoms with Crippen molar-refractivity contribution in [2.75, 3.05) is 26.4 Å². The summed E-state index contributed by atoms with van der Waals surface area (Å²) in [5.41, 5.74) is -1.55. The molecule has 1 saturated heterocycles. The van der Waals surface area contributed by atoms with Gasteiger partial charge in [-0.25, -0.2) is 14.1 Å². The lowest BCUT2D eigenvalue weighted by Gasteiger charge is -2.49. The van der Waals surface area contributed by atoms with E-state index in [0.29, 0.717) is 29.7 Å². The summed E-state index contributed by atoms with van der Waals surface area (Å²) >= 11 is 4.73. The van der Waals surface area contributed by atoms with Crippen LogP contribution in [0, 0.1) is 11.7 Å². The molecule has 0 bridgehead atoms. The van der Waals surface area contributed by atoms with Crippen LogP contribution in [-0.4, -0.2) is 71.8 Å². The Hall–Kier alpha value is -1.43. The molecule has 3 rings (SSSR count). The number of hydrogen-bond donors (Lipinski definition) is 0. The van der Waals surface area contributed by atoms with Crippen LogP contribution in [0.25, 0.3) is 0 Å². The molecule has 7 nitrogen and oxygen atoms in total. The summed E-state index contributed by atoms with van der Waals surface area (Å²) in [4.78, 5) is 36.0. The van der Waals surface area contributed by atoms with Gasteiger partial charge in [-0.05, 0) is 71.7 Å². The fourth-order valence-electron chi connectivity index (χ4n) is 4.93. The van der Waals surface area contributed by atoms with Crippen molar-refractivity contribution in [3.63, 3.8) is 0 Å². The second kappa shape index (κ2) is 12.4. The Morgan fingerprint density at radius 1 is 1.23 bits per heavy atom. The Balaban J connectivity index is 2.13. The summed E-state index contributed by atoms with van der Waals surface area (Å²) in [5.74, 6) is -0.849. The van der Waals surface area contributed by atoms with E-state index in [9.17, 15) is 9.59 Å². The standard InChI is InChI=1S/C29H45BrFN3O4SSi/c1-20-28(5,22-18-21(30)12-13-23(22)31)32-25(39-29(20,6)24(35)33-14-10-11-15-33)34(26(36)38-27(2,3)4)19-37-16-17-40(7,8)9/h12-13,18,20H,10-11,14-17,19H2,1-9H3/t20-,28-,29-/m0/s1. The summed E-state index contributed by atoms with van der Waals surface area (Å²) < 4.78 is 26.9. The van der Waals surface area contributed by atoms with Gasteiger partial charge >= 0.3 is 6.09 Å². The molecule has 0 aromatic heterocycles. The van der Waals surface area contributed by atoms with Gasteiger partial charge in [-0.15, -0.1) is 0 Å². The van der Waals surface area contributed by atoms with E-state index in [0.717, 1.165) is 18.9 Å². The molecule has 11 heteroatoms. The van der Waals surface area contributed by atoms with Crippen molar-refractivity contribution < 1.29 is 23.5 Å². The maximum atomic E-state index is 15.5. The molecule has 0 aliphatic carbocycles. The zero-order valence-corrected chi connectivity index (χ0v) is 28.8. The number of nitrogens with zero attached hydrogens (tertiary/aromatic N) is 3. The largest absolute Gasteiger partial charge is 0.443 e. The van der Waals surface area contributed by atoms with Crippen molar-refractivity contribution in [1.82, 2.24) is 9.80 Å². The molecule has 0 spiro atoms. The van der Waals surface area contributed by atoms with E-state index < -0.39 is 41.8 Å². The second-order valence-electron chi connectivity index (χ2n) is 13.4. The fourth-order valence-corrected chi connectivity index (χ4v) is 7.52. The lowest BCUT2D eigenvalue weighted by Crippen LogP contribution is -2.58. The van der Waals surface area contributed by atoms with Crippen LogP contribution in [0.2, 0.25) is 25.7 Å². The fraction of sp³-hybridized carbons (Fsp3) is 0.690. The number of hydrogen-bond acceptors (Lipinski definition) is 6. The maximum Gasteiger partial charge on any atom is 0.418 e. The summed E-state index contributed by atoms with van der Waals surface area (Å²) in [6.45, 7) is 19.7. The van der Waals surface area contributed by atoms with Gasteiger partial charge in [0.1, 0.15) is 22.9 Å². The van der Waals surface area contributed by atoms with Gasteiger partial charge in [-0.1, -0.05) is 54.3 Å². The molecular weight excluding hydrogens is 613 g/mol. The quantitative estimate of drug-likeness (QED) is 0.173. The number of amides is 2. The normalized spacial score (nSPS) is 25.5. The molecule has 2 aliphatic rings. The van der Waals surface area contributed by atoms with E-state index in [1.165, 1.54) is 22.7 Å². The first-order valence-electron chi connectivity index (χ1n) is 14.0. The van der Waals surface area contributed by atoms with Crippen LogP contribution < -0.4 is 0 Å². The van der Waals surface area contributed by atoms with Gasteiger partial charge < -0.3 is 14.4 Å². The highest BCUT2D eigenvalue weighted by molar-refractivity contribution is 9.10. The van der Waals surface area contributed by atoms with Gasteiger partial charge in [0.15, 0.2) is 5.17 Å². The van der Waals surface area contributed by atoms with Gasteiger partial charge in [0.05, 0.1) is 5.54 Å². The van der Waals surface area contributed by atoms with Gasteiger partial charge in [0, 0.05) is 43.7 Å². The Labute approximate surface area is 252 Å². The molecule has 224 valence electrons. The SMILES string of the molecule is C[C@@H]1[C@@](C)(C(=O)N2CCCC2)SC(N(COCC[Si](C)(C)C)C(=O)OC(C)(C)C)=N[C@]1(C)c1cc(Br)ccc1F. The number of ether oxygens (including phenoxy) is 2. The van der Waals surface area contributed by atoms with Crippen LogP contribution in [0.15, 0.2) is 27.7 Å². The lowest BCUT2D eigenvalue weighted by atomic mass is 9.73. The first-order valence-corrected chi connectivity index (χ1v) is 19.3. The van der Waals surface area contributed by atoms with Crippen LogP contribution >= 0.6 is 27.7 Å². The van der Waals surface area contributed by atoms with Gasteiger partial charge in [0.2, 0.25) is 5.91 Å². The Morgan fingerprint density at radius 2 is 1.85 bits per heavy atom. The molecule has 40 heavy (non-hydrogen) atoms. The Kier molecular flexibility index (Phi) is 10.3. The van der Waals surface area contributed by atoms with Crippen molar-refractivity contribution in [2.45, 2.75) is 96.0 Å². The highest BCUT2D eigenvalue weighted by Gasteiger charge is 2.56. The first kappa shape index (κ1) is 33.1. The predicted octanol–water partition coefficient (Wildman–Crippen LogP) is 7.47. The molecule has 2 heterocycles. The number of aliphatic imine (C=N–C) groups is 1. The van der Waals surface area contributed by atoms with Gasteiger partial charge in [-0.3, -0.25) is 9.79 Å². The van der Waals surface area contributed by atoms with E-state index in [-0.39, 0.29) is 17.8 Å². The van der Waals surface area contributed by atoms with Crippen LogP contribution in [0.4, 0.5) is 9.18 Å². The minimum atomic E-state index is -1.37. The average molecular weight is 659 g/mol. The number of carbonyl (C=O) groups excluding carboxylic acids is 2. The monoisotopic (exact) mass is 657 g/mol. The Bertz CT molecular complexity index is 1140. The van der Waals surface area contributed by atoms with E-state index in [1.807, 2.05) is 25.7 Å². The summed E-state index contributed by atoms with van der Waals surface area (Å²) in [5, 5.41) is 0.289. The number of halogens is 2. The Morgan fingerprint density at radius 3 is 2.42 bits per heavy atom. The van der Waals surface area contributed by atoms with Gasteiger partial charge in [0.25, 0.3) is 0 Å². The van der Waals surface area contributed by atoms with Crippen LogP contribution in [0.1, 0.15) is 59.9 Å². The third-order valence-corrected chi connectivity index (χ3v) is 11.3. The minimum absolute atomic E-state index is 0.0275. The van der Waals surface area contributed by atoms with Crippen molar-refractivity contribution in [1.29, 1.82) is 0 Å². The average Bonchev–Trinajstić information content (AvgIpc) is 3.36. The molecule has 2 aliphatic heterocycles. The summed E-state index contributed by atoms with van der Waals surface area (Å²) in [7, 11) is -1.37. The van der Waals surface area contributed by atoms with Crippen molar-refractivity contribution in [2.24, 2.45) is 10.9 Å². The molecule has 3 atom stereocenters. The highest BCUT2D eigenvalue weighted by Crippen LogP contribution is 2.52. The number of rotatable bonds is 7. The number of thioether (sulfide) groups is 1. The first-order chi connectivity index (χ1) is 18.4. The van der Waals surface area contributed by atoms with Crippen molar-refractivity contribution in [3.05, 3.63) is 34.1 Å². The minimum Gasteiger partial charge on any atom is -0.443 e. The lowest BCUT2D eigenvalue weighted by molar-refractivity contribution is -0.134. The smallest absolute Gasteiger partial charge is 0.418 e. The van der Waals surface area contributed by atoms with E-state index >= 15 is 4.39 Å². The topological polar surface area (TPSA) is 71.4 Å². The maximum absolute atomic E-state index is 15.5. The molecule has 1 aromatic carbocycles. The third kappa shape index (κ3) is 7.69. The van der Waals surface area contributed by atoms with Crippen molar-refractivity contribution in [3.8, 4) is 0 Å². The molecule has 0 unspecified atom stereocenters. The molecular formula is C29H45BrFN3O4SSi. The predicted molar refractivity (Wildman–Crippen MR) is 167 cm³/mol. The molecule has 0 N–H and O–H groups in total. The summed E-state index contributed by atoms with van der Waals surface area (Å²) in [6.07, 6.45) is 1.29. The van der Waals surface area contributed by atoms with Crippen LogP contribution in [0.5, 0.6) is 0 Å². The third-order valence-electron chi connectivity index (χ3n) is 7.65. The number of carbonyl (C=O) groups is 2. The van der Waals surface area contributed by atoms with Crippen LogP contribution in [0.3, 0.4) is 0 Å². The molecule has 2 amide bonds. The number of likely N-dealkylation sites (tertiary alicyclic amines) is 1. The zero-order valence-electron chi connectivity index (χ0n) is 25.4. The second-order valence-corrected chi connectivity index (χ2v) is 21.3. The van der Waals surface area contributed by atoms with E-state index in [1.54, 1.807) is 32.9 Å². The van der Waals surface area contributed by atoms with Crippen molar-refractivity contribution >= 4 is 52.9 Å². The van der Waals surface area contributed by atoms with E-state index in [4.69, 9.17) is 14.5 Å². The van der Waals surface area contributed by atoms with E-state index in [2.05, 4.69) is 35.6 Å². The number of benzene rings is 1. The van der Waals surface area contributed by atoms with Gasteiger partial charge in [-0.2, -0.15) is 0 Å².